The maximum absolute atomic E-state index is 9.50. The van der Waals surface area contributed by atoms with E-state index >= 15 is 0 Å². The summed E-state index contributed by atoms with van der Waals surface area (Å²) < 4.78 is 0. The lowest BCUT2D eigenvalue weighted by atomic mass is 10.0. The summed E-state index contributed by atoms with van der Waals surface area (Å²) in [5.41, 5.74) is 2.49. The van der Waals surface area contributed by atoms with Crippen LogP contribution < -0.4 is 5.32 Å². The number of anilines is 1. The van der Waals surface area contributed by atoms with E-state index in [1.54, 1.807) is 6.07 Å². The van der Waals surface area contributed by atoms with E-state index in [4.69, 9.17) is 0 Å². The van der Waals surface area contributed by atoms with E-state index in [1.807, 2.05) is 19.1 Å². The zero-order chi connectivity index (χ0) is 15.0. The number of hydrogen-bond donors (Lipinski definition) is 5. The van der Waals surface area contributed by atoms with Gasteiger partial charge in [0.25, 0.3) is 0 Å². The van der Waals surface area contributed by atoms with E-state index in [9.17, 15) is 15.3 Å². The van der Waals surface area contributed by atoms with E-state index in [0.29, 0.717) is 11.5 Å². The topological polar surface area (TPSA) is 127 Å². The quantitative estimate of drug-likeness (QED) is 0.581. The van der Waals surface area contributed by atoms with E-state index in [0.717, 1.165) is 17.5 Å². The molecule has 0 atom stereocenters. The SMILES string of the molecule is CCc1cc(NC2=C(O)C(O)=C2O)cc(-c2nn[nH]n2)c1. The van der Waals surface area contributed by atoms with Crippen molar-refractivity contribution in [3.63, 3.8) is 0 Å². The van der Waals surface area contributed by atoms with Crippen molar-refractivity contribution in [3.8, 4) is 11.4 Å². The zero-order valence-corrected chi connectivity index (χ0v) is 11.1. The molecule has 0 radical (unpaired) electrons. The van der Waals surface area contributed by atoms with Crippen molar-refractivity contribution < 1.29 is 15.3 Å². The van der Waals surface area contributed by atoms with E-state index < -0.39 is 5.76 Å². The molecule has 2 aromatic rings. The first-order chi connectivity index (χ1) is 10.1. The van der Waals surface area contributed by atoms with Crippen molar-refractivity contribution in [1.82, 2.24) is 20.6 Å². The van der Waals surface area contributed by atoms with Crippen LogP contribution in [-0.2, 0) is 6.42 Å². The van der Waals surface area contributed by atoms with Crippen molar-refractivity contribution in [1.29, 1.82) is 0 Å². The number of nitrogens with one attached hydrogen (secondary N) is 2. The number of H-pyrrole nitrogens is 1. The first kappa shape index (κ1) is 13.0. The van der Waals surface area contributed by atoms with E-state index in [-0.39, 0.29) is 17.2 Å². The lowest BCUT2D eigenvalue weighted by Crippen LogP contribution is -2.18. The third-order valence-corrected chi connectivity index (χ3v) is 3.20. The van der Waals surface area contributed by atoms with Crippen LogP contribution >= 0.6 is 0 Å². The molecule has 1 aliphatic rings. The summed E-state index contributed by atoms with van der Waals surface area (Å²) in [4.78, 5) is 0. The van der Waals surface area contributed by atoms with Crippen LogP contribution in [0, 0.1) is 0 Å². The summed E-state index contributed by atoms with van der Waals surface area (Å²) in [5, 5.41) is 44.8. The maximum atomic E-state index is 9.50. The van der Waals surface area contributed by atoms with Gasteiger partial charge in [0.1, 0.15) is 5.70 Å². The molecule has 0 fully saturated rings. The summed E-state index contributed by atoms with van der Waals surface area (Å²) >= 11 is 0. The highest BCUT2D eigenvalue weighted by molar-refractivity contribution is 5.68. The number of aliphatic hydroxyl groups excluding tert-OH is 3. The van der Waals surface area contributed by atoms with Gasteiger partial charge in [-0.15, -0.1) is 10.2 Å². The molecule has 8 nitrogen and oxygen atoms in total. The molecule has 108 valence electrons. The second-order valence-electron chi connectivity index (χ2n) is 4.55. The van der Waals surface area contributed by atoms with Gasteiger partial charge in [-0.25, -0.2) is 0 Å². The summed E-state index contributed by atoms with van der Waals surface area (Å²) in [5.74, 6) is -0.795. The van der Waals surface area contributed by atoms with Gasteiger partial charge >= 0.3 is 0 Å². The highest BCUT2D eigenvalue weighted by atomic mass is 16.3. The zero-order valence-electron chi connectivity index (χ0n) is 11.1. The minimum atomic E-state index is -0.512. The van der Waals surface area contributed by atoms with Crippen LogP contribution in [0.25, 0.3) is 11.4 Å². The molecule has 8 heteroatoms. The normalized spacial score (nSPS) is 14.3. The van der Waals surface area contributed by atoms with E-state index in [2.05, 4.69) is 25.9 Å². The van der Waals surface area contributed by atoms with Crippen molar-refractivity contribution in [3.05, 3.63) is 46.7 Å². The number of aryl methyl sites for hydroxylation is 1. The highest BCUT2D eigenvalue weighted by Crippen LogP contribution is 2.32. The molecule has 5 N–H and O–H groups in total. The molecule has 0 bridgehead atoms. The predicted octanol–water partition coefficient (Wildman–Crippen LogP) is 1.95. The van der Waals surface area contributed by atoms with Gasteiger partial charge in [-0.05, 0) is 35.4 Å². The van der Waals surface area contributed by atoms with Crippen LogP contribution in [0.15, 0.2) is 41.2 Å². The van der Waals surface area contributed by atoms with Gasteiger partial charge in [0.05, 0.1) is 0 Å². The fraction of sp³-hybridized carbons (Fsp3) is 0.154. The molecule has 0 saturated carbocycles. The monoisotopic (exact) mass is 287 g/mol. The van der Waals surface area contributed by atoms with Gasteiger partial charge in [-0.3, -0.25) is 0 Å². The van der Waals surface area contributed by atoms with Crippen molar-refractivity contribution in [2.75, 3.05) is 5.32 Å². The Morgan fingerprint density at radius 3 is 2.52 bits per heavy atom. The first-order valence-electron chi connectivity index (χ1n) is 6.31. The molecule has 1 aromatic carbocycles. The molecule has 0 saturated heterocycles. The Hall–Kier alpha value is -3.03. The minimum Gasteiger partial charge on any atom is -0.503 e. The number of aromatic amines is 1. The third-order valence-electron chi connectivity index (χ3n) is 3.20. The van der Waals surface area contributed by atoms with Crippen LogP contribution in [0.2, 0.25) is 0 Å². The third kappa shape index (κ3) is 2.16. The molecule has 0 spiro atoms. The van der Waals surface area contributed by atoms with Crippen LogP contribution in [0.1, 0.15) is 12.5 Å². The molecule has 0 amide bonds. The number of hydrogen-bond acceptors (Lipinski definition) is 7. The number of benzene rings is 1. The van der Waals surface area contributed by atoms with Gasteiger partial charge in [-0.2, -0.15) is 5.21 Å². The summed E-state index contributed by atoms with van der Waals surface area (Å²) in [7, 11) is 0. The second kappa shape index (κ2) is 4.82. The molecule has 0 aliphatic heterocycles. The van der Waals surface area contributed by atoms with Crippen molar-refractivity contribution >= 4 is 5.69 Å². The Morgan fingerprint density at radius 1 is 1.10 bits per heavy atom. The molecule has 1 heterocycles. The average molecular weight is 287 g/mol. The van der Waals surface area contributed by atoms with Gasteiger partial charge in [0, 0.05) is 11.3 Å². The van der Waals surface area contributed by atoms with Crippen molar-refractivity contribution in [2.45, 2.75) is 13.3 Å². The standard InChI is InChI=1S/C13H13N5O3/c1-2-6-3-7(13-15-17-18-16-13)5-8(4-6)14-9-10(19)12(21)11(9)20/h3-5,14,19-21H,2H2,1H3,(H,15,16,17,18). The lowest BCUT2D eigenvalue weighted by Gasteiger charge is -2.20. The second-order valence-corrected chi connectivity index (χ2v) is 4.55. The highest BCUT2D eigenvalue weighted by Gasteiger charge is 2.29. The van der Waals surface area contributed by atoms with Crippen LogP contribution in [0.4, 0.5) is 5.69 Å². The number of nitrogens with zero attached hydrogens (tertiary/aromatic N) is 3. The predicted molar refractivity (Wildman–Crippen MR) is 74.6 cm³/mol. The van der Waals surface area contributed by atoms with Gasteiger partial charge < -0.3 is 20.6 Å². The Bertz CT molecular complexity index is 749. The average Bonchev–Trinajstić information content (AvgIpc) is 3.05. The van der Waals surface area contributed by atoms with Crippen LogP contribution in [0.5, 0.6) is 0 Å². The summed E-state index contributed by atoms with van der Waals surface area (Å²) in [6.07, 6.45) is 0.790. The fourth-order valence-corrected chi connectivity index (χ4v) is 2.04. The molecule has 21 heavy (non-hydrogen) atoms. The largest absolute Gasteiger partial charge is 0.503 e. The fourth-order valence-electron chi connectivity index (χ4n) is 2.04. The molecular formula is C13H13N5O3. The van der Waals surface area contributed by atoms with Crippen LogP contribution in [-0.4, -0.2) is 35.9 Å². The Balaban J connectivity index is 1.94. The number of tetrazole rings is 1. The Labute approximate surface area is 119 Å². The minimum absolute atomic E-state index is 0.0832. The molecular weight excluding hydrogens is 274 g/mol. The number of rotatable bonds is 4. The summed E-state index contributed by atoms with van der Waals surface area (Å²) in [6.45, 7) is 2.00. The molecule has 1 aromatic heterocycles. The maximum Gasteiger partial charge on any atom is 0.205 e. The molecule has 1 aliphatic carbocycles. The number of aromatic nitrogens is 4. The Kier molecular flexibility index (Phi) is 2.98. The molecule has 0 unspecified atom stereocenters. The van der Waals surface area contributed by atoms with Crippen LogP contribution in [0.3, 0.4) is 0 Å². The van der Waals surface area contributed by atoms with Gasteiger partial charge in [0.2, 0.25) is 11.6 Å². The molecule has 3 rings (SSSR count). The Morgan fingerprint density at radius 2 is 1.90 bits per heavy atom. The number of aliphatic hydroxyl groups is 3. The smallest absolute Gasteiger partial charge is 0.205 e. The van der Waals surface area contributed by atoms with E-state index in [1.165, 1.54) is 0 Å². The van der Waals surface area contributed by atoms with Gasteiger partial charge in [-0.1, -0.05) is 6.92 Å². The van der Waals surface area contributed by atoms with Crippen molar-refractivity contribution in [2.24, 2.45) is 0 Å². The first-order valence-corrected chi connectivity index (χ1v) is 6.31. The summed E-state index contributed by atoms with van der Waals surface area (Å²) in [6, 6.07) is 5.55. The lowest BCUT2D eigenvalue weighted by molar-refractivity contribution is 0.257. The van der Waals surface area contributed by atoms with Gasteiger partial charge in [0.15, 0.2) is 11.5 Å².